The fourth-order valence-corrected chi connectivity index (χ4v) is 2.78. The number of carbonyl (C=O) groups is 1. The van der Waals surface area contributed by atoms with Crippen molar-refractivity contribution in [2.45, 2.75) is 32.6 Å². The minimum absolute atomic E-state index is 0.00468. The third-order valence-corrected chi connectivity index (χ3v) is 3.64. The predicted octanol–water partition coefficient (Wildman–Crippen LogP) is 1.23. The lowest BCUT2D eigenvalue weighted by atomic mass is 10.2. The van der Waals surface area contributed by atoms with Crippen LogP contribution < -0.4 is 5.76 Å². The number of benzene rings is 1. The zero-order chi connectivity index (χ0) is 15.0. The van der Waals surface area contributed by atoms with Gasteiger partial charge in [-0.3, -0.25) is 9.36 Å². The molecule has 0 radical (unpaired) electrons. The monoisotopic (exact) mass is 290 g/mol. The molecule has 2 heterocycles. The molecule has 6 heteroatoms. The molecule has 0 aliphatic carbocycles. The molecular weight excluding hydrogens is 272 g/mol. The number of rotatable bonds is 2. The van der Waals surface area contributed by atoms with Crippen LogP contribution in [0.1, 0.15) is 13.8 Å². The number of aromatic nitrogens is 1. The number of fused-ring (bicyclic) bond motifs is 1. The molecule has 2 atom stereocenters. The molecule has 1 amide bonds. The smallest absolute Gasteiger partial charge is 0.408 e. The van der Waals surface area contributed by atoms with Crippen molar-refractivity contribution in [2.24, 2.45) is 0 Å². The number of para-hydroxylation sites is 2. The first-order valence-electron chi connectivity index (χ1n) is 7.06. The van der Waals surface area contributed by atoms with E-state index >= 15 is 0 Å². The number of amides is 1. The Morgan fingerprint density at radius 3 is 2.62 bits per heavy atom. The van der Waals surface area contributed by atoms with Crippen LogP contribution in [0.15, 0.2) is 33.5 Å². The Balaban J connectivity index is 1.83. The zero-order valence-corrected chi connectivity index (χ0v) is 12.1. The van der Waals surface area contributed by atoms with Gasteiger partial charge in [-0.1, -0.05) is 12.1 Å². The number of ether oxygens (including phenoxy) is 1. The van der Waals surface area contributed by atoms with Crippen LogP contribution in [0.5, 0.6) is 0 Å². The largest absolute Gasteiger partial charge is 0.420 e. The summed E-state index contributed by atoms with van der Waals surface area (Å²) in [7, 11) is 0. The van der Waals surface area contributed by atoms with E-state index in [1.54, 1.807) is 23.1 Å². The lowest BCUT2D eigenvalue weighted by molar-refractivity contribution is -0.143. The van der Waals surface area contributed by atoms with Crippen molar-refractivity contribution in [3.8, 4) is 0 Å². The second-order valence-corrected chi connectivity index (χ2v) is 5.48. The van der Waals surface area contributed by atoms with Gasteiger partial charge < -0.3 is 14.1 Å². The fourth-order valence-electron chi connectivity index (χ4n) is 2.78. The van der Waals surface area contributed by atoms with Crippen LogP contribution in [0.2, 0.25) is 0 Å². The maximum absolute atomic E-state index is 12.4. The van der Waals surface area contributed by atoms with E-state index in [2.05, 4.69) is 0 Å². The molecule has 2 aromatic rings. The number of carbonyl (C=O) groups excluding carboxylic acids is 1. The molecule has 1 aliphatic rings. The highest BCUT2D eigenvalue weighted by Gasteiger charge is 2.26. The molecule has 6 nitrogen and oxygen atoms in total. The van der Waals surface area contributed by atoms with E-state index in [4.69, 9.17) is 9.15 Å². The van der Waals surface area contributed by atoms with E-state index in [0.717, 1.165) is 0 Å². The van der Waals surface area contributed by atoms with E-state index in [1.165, 1.54) is 4.57 Å². The molecule has 1 aliphatic heterocycles. The molecule has 0 N–H and O–H groups in total. The Morgan fingerprint density at radius 1 is 1.24 bits per heavy atom. The topological polar surface area (TPSA) is 64.7 Å². The first-order valence-corrected chi connectivity index (χ1v) is 7.06. The third-order valence-electron chi connectivity index (χ3n) is 3.64. The maximum atomic E-state index is 12.4. The average Bonchev–Trinajstić information content (AvgIpc) is 2.74. The number of nitrogens with zero attached hydrogens (tertiary/aromatic N) is 2. The number of oxazole rings is 1. The molecule has 0 bridgehead atoms. The quantitative estimate of drug-likeness (QED) is 0.834. The first-order chi connectivity index (χ1) is 10.0. The minimum atomic E-state index is -0.501. The van der Waals surface area contributed by atoms with Gasteiger partial charge in [0.25, 0.3) is 0 Å². The van der Waals surface area contributed by atoms with Gasteiger partial charge in [0.1, 0.15) is 6.54 Å². The lowest BCUT2D eigenvalue weighted by Crippen LogP contribution is -2.49. The molecule has 1 fully saturated rings. The second-order valence-electron chi connectivity index (χ2n) is 5.48. The van der Waals surface area contributed by atoms with E-state index in [-0.39, 0.29) is 24.7 Å². The van der Waals surface area contributed by atoms with Gasteiger partial charge in [0.2, 0.25) is 5.91 Å². The molecule has 1 saturated heterocycles. The van der Waals surface area contributed by atoms with Crippen LogP contribution in [0.3, 0.4) is 0 Å². The summed E-state index contributed by atoms with van der Waals surface area (Å²) >= 11 is 0. The average molecular weight is 290 g/mol. The maximum Gasteiger partial charge on any atom is 0.420 e. The third kappa shape index (κ3) is 2.71. The van der Waals surface area contributed by atoms with Gasteiger partial charge in [-0.2, -0.15) is 0 Å². The van der Waals surface area contributed by atoms with Crippen LogP contribution in [0, 0.1) is 0 Å². The Bertz CT molecular complexity index is 708. The van der Waals surface area contributed by atoms with Crippen LogP contribution >= 0.6 is 0 Å². The Kier molecular flexibility index (Phi) is 3.55. The summed E-state index contributed by atoms with van der Waals surface area (Å²) in [5.74, 6) is -0.593. The highest BCUT2D eigenvalue weighted by atomic mass is 16.5. The van der Waals surface area contributed by atoms with E-state index < -0.39 is 5.76 Å². The number of morpholine rings is 1. The predicted molar refractivity (Wildman–Crippen MR) is 77.1 cm³/mol. The van der Waals surface area contributed by atoms with Crippen molar-refractivity contribution in [1.29, 1.82) is 0 Å². The second kappa shape index (κ2) is 5.37. The van der Waals surface area contributed by atoms with E-state index in [0.29, 0.717) is 24.2 Å². The zero-order valence-electron chi connectivity index (χ0n) is 12.1. The molecule has 112 valence electrons. The minimum Gasteiger partial charge on any atom is -0.408 e. The van der Waals surface area contributed by atoms with Gasteiger partial charge in [-0.25, -0.2) is 4.79 Å². The van der Waals surface area contributed by atoms with Gasteiger partial charge in [-0.05, 0) is 26.0 Å². The molecular formula is C15H18N2O4. The molecule has 0 saturated carbocycles. The van der Waals surface area contributed by atoms with E-state index in [9.17, 15) is 9.59 Å². The summed E-state index contributed by atoms with van der Waals surface area (Å²) < 4.78 is 12.1. The SMILES string of the molecule is C[C@@H]1CN(C(=O)Cn2c(=O)oc3ccccc32)C[C@H](C)O1. The first kappa shape index (κ1) is 13.9. The summed E-state index contributed by atoms with van der Waals surface area (Å²) in [6.07, 6.45) is 0.0195. The van der Waals surface area contributed by atoms with Crippen molar-refractivity contribution in [3.05, 3.63) is 34.8 Å². The fraction of sp³-hybridized carbons (Fsp3) is 0.467. The summed E-state index contributed by atoms with van der Waals surface area (Å²) in [5, 5.41) is 0. The molecule has 21 heavy (non-hydrogen) atoms. The highest BCUT2D eigenvalue weighted by molar-refractivity contribution is 5.79. The van der Waals surface area contributed by atoms with Gasteiger partial charge in [-0.15, -0.1) is 0 Å². The van der Waals surface area contributed by atoms with Crippen LogP contribution in [0.4, 0.5) is 0 Å². The Labute approximate surface area is 121 Å². The summed E-state index contributed by atoms with van der Waals surface area (Å²) in [4.78, 5) is 26.1. The highest BCUT2D eigenvalue weighted by Crippen LogP contribution is 2.14. The van der Waals surface area contributed by atoms with Crippen LogP contribution in [0.25, 0.3) is 11.1 Å². The van der Waals surface area contributed by atoms with Crippen molar-refractivity contribution >= 4 is 17.0 Å². The van der Waals surface area contributed by atoms with E-state index in [1.807, 2.05) is 19.9 Å². The van der Waals surface area contributed by atoms with Crippen molar-refractivity contribution in [1.82, 2.24) is 9.47 Å². The van der Waals surface area contributed by atoms with Gasteiger partial charge in [0.05, 0.1) is 17.7 Å². The van der Waals surface area contributed by atoms with Gasteiger partial charge in [0, 0.05) is 13.1 Å². The summed E-state index contributed by atoms with van der Waals surface area (Å²) in [6, 6.07) is 7.11. The normalized spacial score (nSPS) is 22.7. The van der Waals surface area contributed by atoms with Crippen molar-refractivity contribution in [2.75, 3.05) is 13.1 Å². The van der Waals surface area contributed by atoms with Gasteiger partial charge >= 0.3 is 5.76 Å². The summed E-state index contributed by atoms with van der Waals surface area (Å²) in [5.41, 5.74) is 1.14. The molecule has 1 aromatic carbocycles. The Morgan fingerprint density at radius 2 is 1.90 bits per heavy atom. The molecule has 1 aromatic heterocycles. The van der Waals surface area contributed by atoms with Crippen molar-refractivity contribution < 1.29 is 13.9 Å². The molecule has 0 unspecified atom stereocenters. The summed E-state index contributed by atoms with van der Waals surface area (Å²) in [6.45, 7) is 4.97. The lowest BCUT2D eigenvalue weighted by Gasteiger charge is -2.35. The standard InChI is InChI=1S/C15H18N2O4/c1-10-7-16(8-11(2)20-10)14(18)9-17-12-5-3-4-6-13(12)21-15(17)19/h3-6,10-11H,7-9H2,1-2H3/t10-,11+. The molecule has 0 spiro atoms. The van der Waals surface area contributed by atoms with Crippen LogP contribution in [-0.4, -0.2) is 40.7 Å². The Hall–Kier alpha value is -2.08. The van der Waals surface area contributed by atoms with Gasteiger partial charge in [0.15, 0.2) is 5.58 Å². The van der Waals surface area contributed by atoms with Crippen molar-refractivity contribution in [3.63, 3.8) is 0 Å². The molecule has 3 rings (SSSR count). The number of hydrogen-bond acceptors (Lipinski definition) is 4. The van der Waals surface area contributed by atoms with Crippen LogP contribution in [-0.2, 0) is 16.1 Å². The number of hydrogen-bond donors (Lipinski definition) is 0.